The quantitative estimate of drug-likeness (QED) is 0.494. The van der Waals surface area contributed by atoms with Crippen LogP contribution in [0.3, 0.4) is 0 Å². The average molecular weight is 322 g/mol. The average Bonchev–Trinajstić information content (AvgIpc) is 2.46. The van der Waals surface area contributed by atoms with Crippen LogP contribution in [0.15, 0.2) is 57.9 Å². The molecule has 0 aromatic heterocycles. The van der Waals surface area contributed by atoms with Gasteiger partial charge in [0, 0.05) is 15.9 Å². The number of nitrogens with zero attached hydrogens (tertiary/aromatic N) is 2. The van der Waals surface area contributed by atoms with Crippen molar-refractivity contribution < 1.29 is 19.1 Å². The van der Waals surface area contributed by atoms with Crippen LogP contribution in [0.25, 0.3) is 5.53 Å². The van der Waals surface area contributed by atoms with Gasteiger partial charge in [-0.3, -0.25) is 4.57 Å². The van der Waals surface area contributed by atoms with Gasteiger partial charge in [0.25, 0.3) is 5.71 Å². The van der Waals surface area contributed by atoms with E-state index in [-0.39, 0.29) is 12.6 Å². The maximum absolute atomic E-state index is 11.1. The van der Waals surface area contributed by atoms with Gasteiger partial charge in [-0.25, -0.2) is 0 Å². The number of hydrogen-bond acceptors (Lipinski definition) is 2. The van der Waals surface area contributed by atoms with Crippen molar-refractivity contribution in [1.82, 2.24) is 0 Å². The number of benzene rings is 1. The van der Waals surface area contributed by atoms with Gasteiger partial charge >= 0.3 is 7.60 Å². The molecule has 0 fully saturated rings. The maximum atomic E-state index is 11.1. The molecule has 1 aromatic rings. The van der Waals surface area contributed by atoms with E-state index in [0.717, 1.165) is 15.4 Å². The maximum Gasteiger partial charge on any atom is 0.325 e. The zero-order chi connectivity index (χ0) is 15.3. The van der Waals surface area contributed by atoms with E-state index in [2.05, 4.69) is 4.79 Å². The van der Waals surface area contributed by atoms with E-state index in [9.17, 15) is 4.57 Å². The van der Waals surface area contributed by atoms with Crippen molar-refractivity contribution in [2.24, 2.45) is 0 Å². The lowest BCUT2D eigenvalue weighted by Crippen LogP contribution is -2.05. The summed E-state index contributed by atoms with van der Waals surface area (Å²) in [6.07, 6.45) is 4.15. The Kier molecular flexibility index (Phi) is 5.34. The normalized spacial score (nSPS) is 15.2. The topological polar surface area (TPSA) is 93.9 Å². The molecule has 0 spiro atoms. The Morgan fingerprint density at radius 3 is 2.62 bits per heavy atom. The van der Waals surface area contributed by atoms with Gasteiger partial charge in [0.2, 0.25) is 0 Å². The molecule has 110 valence electrons. The summed E-state index contributed by atoms with van der Waals surface area (Å²) in [5, 5.41) is 0. The molecule has 21 heavy (non-hydrogen) atoms. The number of rotatable bonds is 5. The van der Waals surface area contributed by atoms with Crippen molar-refractivity contribution >= 4 is 25.1 Å². The molecule has 1 aliphatic rings. The van der Waals surface area contributed by atoms with E-state index in [4.69, 9.17) is 15.3 Å². The van der Waals surface area contributed by atoms with E-state index in [1.54, 1.807) is 6.08 Å². The van der Waals surface area contributed by atoms with Crippen molar-refractivity contribution in [2.45, 2.75) is 17.7 Å². The van der Waals surface area contributed by atoms with E-state index >= 15 is 0 Å². The van der Waals surface area contributed by atoms with E-state index in [1.165, 1.54) is 11.8 Å². The molecule has 0 bridgehead atoms. The Balaban J connectivity index is 2.18. The molecule has 0 atom stereocenters. The monoisotopic (exact) mass is 322 g/mol. The molecule has 0 aliphatic heterocycles. The lowest BCUT2D eigenvalue weighted by Gasteiger charge is -2.14. The van der Waals surface area contributed by atoms with Crippen LogP contribution in [-0.4, -0.2) is 26.5 Å². The first-order chi connectivity index (χ1) is 9.98. The van der Waals surface area contributed by atoms with Crippen LogP contribution in [0, 0.1) is 0 Å². The Bertz CT molecular complexity index is 673. The summed E-state index contributed by atoms with van der Waals surface area (Å²) < 4.78 is 11.1. The summed E-state index contributed by atoms with van der Waals surface area (Å²) in [5.74, 6) is 0. The van der Waals surface area contributed by atoms with Crippen LogP contribution >= 0.6 is 19.4 Å². The highest BCUT2D eigenvalue weighted by Gasteiger charge is 2.21. The molecule has 0 unspecified atom stereocenters. The second kappa shape index (κ2) is 7.03. The summed E-state index contributed by atoms with van der Waals surface area (Å²) in [4.78, 5) is 23.2. The number of hydrogen-bond donors (Lipinski definition) is 2. The lowest BCUT2D eigenvalue weighted by molar-refractivity contribution is -0.00546. The molecule has 0 radical (unpaired) electrons. The number of allylic oxidation sites excluding steroid dienone is 3. The van der Waals surface area contributed by atoms with Crippen LogP contribution < -0.4 is 0 Å². The standard InChI is InChI=1S/C14H15N2O3PS/c15-16-12-6-7-14(21-13-4-2-1-3-5-13)11(10-12)8-9-20(17,18)19/h1-5,7,10H,6,8-9H2,(H2,17,18,19). The zero-order valence-corrected chi connectivity index (χ0v) is 12.9. The first kappa shape index (κ1) is 16.0. The first-order valence-electron chi connectivity index (χ1n) is 6.37. The predicted molar refractivity (Wildman–Crippen MR) is 83.2 cm³/mol. The summed E-state index contributed by atoms with van der Waals surface area (Å²) in [5.41, 5.74) is 10.1. The highest BCUT2D eigenvalue weighted by atomic mass is 32.2. The minimum atomic E-state index is -4.05. The summed E-state index contributed by atoms with van der Waals surface area (Å²) in [6, 6.07) is 9.75. The Morgan fingerprint density at radius 1 is 1.29 bits per heavy atom. The molecule has 2 N–H and O–H groups in total. The zero-order valence-electron chi connectivity index (χ0n) is 11.2. The van der Waals surface area contributed by atoms with Gasteiger partial charge in [-0.05, 0) is 24.1 Å². The smallest absolute Gasteiger partial charge is 0.325 e. The highest BCUT2D eigenvalue weighted by Crippen LogP contribution is 2.41. The summed E-state index contributed by atoms with van der Waals surface area (Å²) in [6.45, 7) is 0. The van der Waals surface area contributed by atoms with Crippen molar-refractivity contribution in [3.05, 3.63) is 58.5 Å². The second-order valence-electron chi connectivity index (χ2n) is 4.59. The third kappa shape index (κ3) is 5.12. The third-order valence-corrected chi connectivity index (χ3v) is 4.89. The van der Waals surface area contributed by atoms with Crippen LogP contribution in [0.1, 0.15) is 12.8 Å². The van der Waals surface area contributed by atoms with E-state index < -0.39 is 7.60 Å². The fourth-order valence-corrected chi connectivity index (χ4v) is 3.45. The van der Waals surface area contributed by atoms with Gasteiger partial charge in [0.05, 0.1) is 12.6 Å². The van der Waals surface area contributed by atoms with Crippen molar-refractivity contribution in [3.8, 4) is 0 Å². The predicted octanol–water partition coefficient (Wildman–Crippen LogP) is 3.23. The molecule has 0 heterocycles. The van der Waals surface area contributed by atoms with Crippen molar-refractivity contribution in [1.29, 1.82) is 0 Å². The third-order valence-electron chi connectivity index (χ3n) is 2.93. The van der Waals surface area contributed by atoms with E-state index in [1.807, 2.05) is 36.4 Å². The molecular weight excluding hydrogens is 307 g/mol. The summed E-state index contributed by atoms with van der Waals surface area (Å²) in [7, 11) is -4.05. The molecular formula is C14H15N2O3PS. The molecule has 2 rings (SSSR count). The minimum Gasteiger partial charge on any atom is -0.361 e. The van der Waals surface area contributed by atoms with Crippen LogP contribution in [-0.2, 0) is 4.57 Å². The van der Waals surface area contributed by atoms with Gasteiger partial charge in [0.1, 0.15) is 0 Å². The Morgan fingerprint density at radius 2 is 2.00 bits per heavy atom. The second-order valence-corrected chi connectivity index (χ2v) is 7.48. The lowest BCUT2D eigenvalue weighted by atomic mass is 10.0. The Hall–Kier alpha value is -1.42. The van der Waals surface area contributed by atoms with Crippen LogP contribution in [0.2, 0.25) is 0 Å². The van der Waals surface area contributed by atoms with Gasteiger partial charge in [-0.2, -0.15) is 4.79 Å². The fraction of sp³-hybridized carbons (Fsp3) is 0.214. The molecule has 1 aliphatic carbocycles. The van der Waals surface area contributed by atoms with Gasteiger partial charge < -0.3 is 15.3 Å². The molecule has 0 saturated heterocycles. The van der Waals surface area contributed by atoms with Crippen molar-refractivity contribution in [3.63, 3.8) is 0 Å². The van der Waals surface area contributed by atoms with E-state index in [0.29, 0.717) is 12.1 Å². The molecule has 0 amide bonds. The minimum absolute atomic E-state index is 0.218. The number of thioether (sulfide) groups is 1. The molecule has 7 heteroatoms. The van der Waals surface area contributed by atoms with Gasteiger partial charge in [0.15, 0.2) is 0 Å². The summed E-state index contributed by atoms with van der Waals surface area (Å²) >= 11 is 1.54. The first-order valence-corrected chi connectivity index (χ1v) is 8.99. The van der Waals surface area contributed by atoms with Crippen LogP contribution in [0.4, 0.5) is 0 Å². The molecule has 1 aromatic carbocycles. The fourth-order valence-electron chi connectivity index (χ4n) is 1.91. The van der Waals surface area contributed by atoms with Crippen LogP contribution in [0.5, 0.6) is 0 Å². The van der Waals surface area contributed by atoms with Crippen molar-refractivity contribution in [2.75, 3.05) is 6.16 Å². The Labute approximate surface area is 127 Å². The largest absolute Gasteiger partial charge is 0.361 e. The highest BCUT2D eigenvalue weighted by molar-refractivity contribution is 8.03. The molecule has 0 saturated carbocycles. The van der Waals surface area contributed by atoms with Gasteiger partial charge in [-0.15, -0.1) is 0 Å². The SMILES string of the molecule is [N-]=[N+]=C1C=C(CCP(=O)(O)O)C(Sc2ccccc2)=CC1. The molecule has 5 nitrogen and oxygen atoms in total. The van der Waals surface area contributed by atoms with Gasteiger partial charge in [-0.1, -0.05) is 36.0 Å².